The maximum Gasteiger partial charge on any atom is 0.379 e. The maximum atomic E-state index is 11.7. The molecule has 1 aromatic rings. The molecule has 4 aliphatic rings. The van der Waals surface area contributed by atoms with E-state index in [2.05, 4.69) is 10.1 Å². The number of carbonyl (C=O) groups excluding carboxylic acids is 1. The zero-order chi connectivity index (χ0) is 13.7. The van der Waals surface area contributed by atoms with Gasteiger partial charge < -0.3 is 9.26 Å². The van der Waals surface area contributed by atoms with E-state index in [9.17, 15) is 4.79 Å². The molecule has 4 fully saturated rings. The fourth-order valence-electron chi connectivity index (χ4n) is 5.09. The van der Waals surface area contributed by atoms with E-state index in [1.54, 1.807) is 6.92 Å². The topological polar surface area (TPSA) is 65.2 Å². The van der Waals surface area contributed by atoms with Gasteiger partial charge in [-0.2, -0.15) is 4.98 Å². The summed E-state index contributed by atoms with van der Waals surface area (Å²) in [7, 11) is 0. The molecule has 0 radical (unpaired) electrons. The molecule has 108 valence electrons. The lowest BCUT2D eigenvalue weighted by Gasteiger charge is -2.55. The normalized spacial score (nSPS) is 38.1. The van der Waals surface area contributed by atoms with Gasteiger partial charge in [-0.25, -0.2) is 4.79 Å². The first-order chi connectivity index (χ1) is 9.68. The van der Waals surface area contributed by atoms with Crippen molar-refractivity contribution in [2.75, 3.05) is 6.61 Å². The summed E-state index contributed by atoms with van der Waals surface area (Å²) < 4.78 is 10.4. The Morgan fingerprint density at radius 2 is 1.85 bits per heavy atom. The van der Waals surface area contributed by atoms with Crippen molar-refractivity contribution in [2.24, 2.45) is 17.8 Å². The number of nitrogens with zero attached hydrogens (tertiary/aromatic N) is 2. The predicted molar refractivity (Wildman–Crippen MR) is 70.1 cm³/mol. The summed E-state index contributed by atoms with van der Waals surface area (Å²) in [5.74, 6) is 2.74. The van der Waals surface area contributed by atoms with Gasteiger partial charge in [0.15, 0.2) is 0 Å². The van der Waals surface area contributed by atoms with Crippen LogP contribution in [-0.4, -0.2) is 22.7 Å². The van der Waals surface area contributed by atoms with Gasteiger partial charge >= 0.3 is 5.97 Å². The first kappa shape index (κ1) is 12.4. The molecule has 4 bridgehead atoms. The van der Waals surface area contributed by atoms with Crippen LogP contribution in [0.4, 0.5) is 0 Å². The third-order valence-electron chi connectivity index (χ3n) is 5.38. The second kappa shape index (κ2) is 4.30. The molecule has 5 nitrogen and oxygen atoms in total. The van der Waals surface area contributed by atoms with Gasteiger partial charge in [0.1, 0.15) is 0 Å². The highest BCUT2D eigenvalue weighted by Gasteiger charge is 2.54. The Labute approximate surface area is 118 Å². The Hall–Kier alpha value is -1.39. The number of hydrogen-bond acceptors (Lipinski definition) is 5. The summed E-state index contributed by atoms with van der Waals surface area (Å²) in [6, 6.07) is 0. The summed E-state index contributed by atoms with van der Waals surface area (Å²) in [5, 5.41) is 3.83. The van der Waals surface area contributed by atoms with E-state index in [0.717, 1.165) is 37.0 Å². The van der Waals surface area contributed by atoms with Gasteiger partial charge in [0.05, 0.1) is 12.0 Å². The summed E-state index contributed by atoms with van der Waals surface area (Å²) >= 11 is 0. The molecule has 0 spiro atoms. The monoisotopic (exact) mass is 276 g/mol. The molecule has 0 unspecified atom stereocenters. The Morgan fingerprint density at radius 1 is 1.25 bits per heavy atom. The SMILES string of the molecule is CCOC(=O)c1noc(C23CC4CC(CC(C4)C2)C3)n1. The summed E-state index contributed by atoms with van der Waals surface area (Å²) in [6.07, 6.45) is 7.59. The van der Waals surface area contributed by atoms with Gasteiger partial charge in [-0.3, -0.25) is 0 Å². The molecular formula is C15H20N2O3. The Morgan fingerprint density at radius 3 is 2.40 bits per heavy atom. The van der Waals surface area contributed by atoms with Crippen molar-refractivity contribution in [3.63, 3.8) is 0 Å². The highest BCUT2D eigenvalue weighted by molar-refractivity contribution is 5.84. The number of aromatic nitrogens is 2. The van der Waals surface area contributed by atoms with Crippen molar-refractivity contribution < 1.29 is 14.1 Å². The summed E-state index contributed by atoms with van der Waals surface area (Å²) in [6.45, 7) is 2.11. The van der Waals surface area contributed by atoms with Crippen LogP contribution >= 0.6 is 0 Å². The lowest BCUT2D eigenvalue weighted by Crippen LogP contribution is -2.48. The zero-order valence-electron chi connectivity index (χ0n) is 11.8. The maximum absolute atomic E-state index is 11.7. The molecule has 1 aromatic heterocycles. The van der Waals surface area contributed by atoms with Gasteiger partial charge in [0, 0.05) is 0 Å². The first-order valence-corrected chi connectivity index (χ1v) is 7.70. The van der Waals surface area contributed by atoms with Gasteiger partial charge in [-0.1, -0.05) is 0 Å². The summed E-state index contributed by atoms with van der Waals surface area (Å²) in [4.78, 5) is 16.0. The second-order valence-corrected chi connectivity index (χ2v) is 6.84. The Bertz CT molecular complexity index is 502. The van der Waals surface area contributed by atoms with Crippen LogP contribution in [0.2, 0.25) is 0 Å². The molecule has 5 heteroatoms. The molecule has 0 N–H and O–H groups in total. The largest absolute Gasteiger partial charge is 0.460 e. The van der Waals surface area contributed by atoms with Crippen molar-refractivity contribution in [1.82, 2.24) is 10.1 Å². The van der Waals surface area contributed by atoms with E-state index in [-0.39, 0.29) is 11.2 Å². The van der Waals surface area contributed by atoms with Gasteiger partial charge in [0.2, 0.25) is 5.89 Å². The molecule has 4 aliphatic carbocycles. The van der Waals surface area contributed by atoms with Crippen LogP contribution in [-0.2, 0) is 10.2 Å². The van der Waals surface area contributed by atoms with E-state index in [1.165, 1.54) is 19.3 Å². The van der Waals surface area contributed by atoms with E-state index in [0.29, 0.717) is 12.5 Å². The van der Waals surface area contributed by atoms with Crippen molar-refractivity contribution in [2.45, 2.75) is 50.9 Å². The van der Waals surface area contributed by atoms with Crippen LogP contribution in [0.15, 0.2) is 4.52 Å². The van der Waals surface area contributed by atoms with E-state index < -0.39 is 5.97 Å². The molecule has 0 atom stereocenters. The Balaban J connectivity index is 1.62. The van der Waals surface area contributed by atoms with Crippen molar-refractivity contribution in [3.05, 3.63) is 11.7 Å². The van der Waals surface area contributed by atoms with Crippen LogP contribution in [0.1, 0.15) is 62.0 Å². The highest BCUT2D eigenvalue weighted by Crippen LogP contribution is 2.60. The lowest BCUT2D eigenvalue weighted by atomic mass is 9.49. The third-order valence-corrected chi connectivity index (χ3v) is 5.38. The number of rotatable bonds is 3. The minimum absolute atomic E-state index is 0.0481. The van der Waals surface area contributed by atoms with Crippen molar-refractivity contribution in [3.8, 4) is 0 Å². The second-order valence-electron chi connectivity index (χ2n) is 6.84. The van der Waals surface area contributed by atoms with Crippen LogP contribution < -0.4 is 0 Å². The fraction of sp³-hybridized carbons (Fsp3) is 0.800. The highest BCUT2D eigenvalue weighted by atomic mass is 16.5. The number of hydrogen-bond donors (Lipinski definition) is 0. The zero-order valence-corrected chi connectivity index (χ0v) is 11.8. The van der Waals surface area contributed by atoms with Crippen LogP contribution in [0.5, 0.6) is 0 Å². The molecule has 0 saturated heterocycles. The number of esters is 1. The standard InChI is InChI=1S/C15H20N2O3/c1-2-19-13(18)12-16-14(20-17-12)15-6-9-3-10(7-15)5-11(4-9)8-15/h9-11H,2-8H2,1H3. The molecule has 0 aliphatic heterocycles. The van der Waals surface area contributed by atoms with Gasteiger partial charge in [-0.15, -0.1) is 0 Å². The van der Waals surface area contributed by atoms with Crippen molar-refractivity contribution in [1.29, 1.82) is 0 Å². The fourth-order valence-corrected chi connectivity index (χ4v) is 5.09. The summed E-state index contributed by atoms with van der Waals surface area (Å²) in [5.41, 5.74) is 0.0481. The molecule has 1 heterocycles. The van der Waals surface area contributed by atoms with Crippen LogP contribution in [0.25, 0.3) is 0 Å². The quantitative estimate of drug-likeness (QED) is 0.794. The molecule has 20 heavy (non-hydrogen) atoms. The minimum Gasteiger partial charge on any atom is -0.460 e. The van der Waals surface area contributed by atoms with E-state index in [4.69, 9.17) is 9.26 Å². The number of carbonyl (C=O) groups is 1. The average Bonchev–Trinajstić information content (AvgIpc) is 2.87. The van der Waals surface area contributed by atoms with Gasteiger partial charge in [-0.05, 0) is 68.4 Å². The first-order valence-electron chi connectivity index (χ1n) is 7.70. The molecule has 0 amide bonds. The molecule has 0 aromatic carbocycles. The van der Waals surface area contributed by atoms with E-state index >= 15 is 0 Å². The molecule has 4 saturated carbocycles. The smallest absolute Gasteiger partial charge is 0.379 e. The number of ether oxygens (including phenoxy) is 1. The third kappa shape index (κ3) is 1.79. The molecular weight excluding hydrogens is 256 g/mol. The average molecular weight is 276 g/mol. The Kier molecular flexibility index (Phi) is 2.66. The predicted octanol–water partition coefficient (Wildman–Crippen LogP) is 2.71. The van der Waals surface area contributed by atoms with Crippen LogP contribution in [0.3, 0.4) is 0 Å². The minimum atomic E-state index is -0.479. The van der Waals surface area contributed by atoms with Crippen molar-refractivity contribution >= 4 is 5.97 Å². The van der Waals surface area contributed by atoms with E-state index in [1.807, 2.05) is 0 Å². The van der Waals surface area contributed by atoms with Gasteiger partial charge in [0.25, 0.3) is 5.82 Å². The lowest BCUT2D eigenvalue weighted by molar-refractivity contribution is -0.0201. The molecule has 5 rings (SSSR count). The van der Waals surface area contributed by atoms with Crippen LogP contribution in [0, 0.1) is 17.8 Å².